The van der Waals surface area contributed by atoms with Crippen LogP contribution in [0.5, 0.6) is 0 Å². The summed E-state index contributed by atoms with van der Waals surface area (Å²) in [5, 5.41) is 15.3. The zero-order valence-electron chi connectivity index (χ0n) is 71.2. The quantitative estimate of drug-likeness (QED) is 0.0346. The zero-order chi connectivity index (χ0) is 83.8. The number of aromatic nitrogens is 4. The van der Waals surface area contributed by atoms with Crippen molar-refractivity contribution in [2.24, 2.45) is 33.2 Å². The average molecular weight is 1640 g/mol. The van der Waals surface area contributed by atoms with Gasteiger partial charge in [-0.2, -0.15) is 4.40 Å². The number of carbonyl (C=O) groups excluding carboxylic acids is 6. The second-order valence-corrected chi connectivity index (χ2v) is 41.9. The van der Waals surface area contributed by atoms with Gasteiger partial charge in [0.25, 0.3) is 0 Å². The van der Waals surface area contributed by atoms with Gasteiger partial charge in [0.05, 0.1) is 43.7 Å². The molecule has 23 nitrogen and oxygen atoms in total. The van der Waals surface area contributed by atoms with E-state index in [9.17, 15) is 42.3 Å². The van der Waals surface area contributed by atoms with Gasteiger partial charge in [-0.15, -0.1) is 0 Å². The van der Waals surface area contributed by atoms with Crippen LogP contribution in [-0.2, 0) is 45.7 Å². The van der Waals surface area contributed by atoms with Crippen LogP contribution in [0.3, 0.4) is 0 Å². The Morgan fingerprint density at radius 2 is 0.827 bits per heavy atom. The lowest BCUT2D eigenvalue weighted by Crippen LogP contribution is -2.45. The van der Waals surface area contributed by atoms with Gasteiger partial charge in [0.2, 0.25) is 0 Å². The number of ether oxygens (including phenoxy) is 4. The molecule has 4 fully saturated rings. The van der Waals surface area contributed by atoms with E-state index >= 15 is 0 Å². The van der Waals surface area contributed by atoms with Gasteiger partial charge in [-0.3, -0.25) is 24.9 Å². The number of nitrogens with zero attached hydrogens (tertiary/aromatic N) is 9. The van der Waals surface area contributed by atoms with Gasteiger partial charge in [0.1, 0.15) is 50.0 Å². The van der Waals surface area contributed by atoms with E-state index in [0.717, 1.165) is 73.7 Å². The molecule has 3 N–H and O–H groups in total. The number of pyridine rings is 4. The Hall–Kier alpha value is -6.61. The van der Waals surface area contributed by atoms with E-state index in [1.165, 1.54) is 0 Å². The third-order valence-corrected chi connectivity index (χ3v) is 21.4. The van der Waals surface area contributed by atoms with Crippen molar-refractivity contribution in [3.8, 4) is 0 Å². The first kappa shape index (κ1) is 97.6. The van der Waals surface area contributed by atoms with E-state index < -0.39 is 55.2 Å². The molecule has 4 amide bonds. The van der Waals surface area contributed by atoms with Gasteiger partial charge in [0, 0.05) is 86.0 Å². The van der Waals surface area contributed by atoms with E-state index in [0.29, 0.717) is 86.9 Å². The minimum Gasteiger partial charge on any atom is -0.444 e. The smallest absolute Gasteiger partial charge is 0.410 e. The summed E-state index contributed by atoms with van der Waals surface area (Å²) in [6, 6.07) is 22.3. The lowest BCUT2D eigenvalue weighted by molar-refractivity contribution is -0.108. The Kier molecular flexibility index (Phi) is 37.2. The molecule has 3 unspecified atom stereocenters. The number of hydrogen-bond acceptors (Lipinski definition) is 17. The molecule has 0 spiro atoms. The SMILES string of the molecule is Brc1ccccn1.CC(C)(C)OC(=O)N1C[C@@H](CCC(=NS(=O)C(C)(C)C)c2ccccn2)CC1(C)C.CC(C)(C)OC(=O)N1C[C@@H](CCC(=O)c2ccccn2)CC1(C)C.CC(C)(C)OC(=O)N1C[C@@H](CCC(O)c2ccccn2)CC1(C)C.CC(C)(C)OC(=O)N1C[C@@H](CCC=O)CC1(C)C.CC(C)(C)S(N)=O. The highest BCUT2D eigenvalue weighted by Crippen LogP contribution is 2.41. The number of ketones is 1. The molecular formula is C84H135BrN10O13S2. The fourth-order valence-electron chi connectivity index (χ4n) is 13.0. The van der Waals surface area contributed by atoms with E-state index in [1.54, 1.807) is 46.7 Å². The van der Waals surface area contributed by atoms with E-state index in [1.807, 2.05) is 195 Å². The topological polar surface area (TPSA) is 297 Å². The molecule has 0 bridgehead atoms. The molecule has 4 aromatic heterocycles. The fraction of sp³-hybridized carbons (Fsp3) is 0.679. The van der Waals surface area contributed by atoms with Crippen molar-refractivity contribution in [3.63, 3.8) is 0 Å². The monoisotopic (exact) mass is 1630 g/mol. The maximum atomic E-state index is 12.7. The molecule has 0 radical (unpaired) electrons. The first-order valence-corrected chi connectivity index (χ1v) is 41.6. The summed E-state index contributed by atoms with van der Waals surface area (Å²) in [7, 11) is -2.53. The van der Waals surface area contributed by atoms with Crippen molar-refractivity contribution in [1.29, 1.82) is 0 Å². The van der Waals surface area contributed by atoms with Crippen LogP contribution in [0.15, 0.2) is 107 Å². The van der Waals surface area contributed by atoms with Crippen LogP contribution < -0.4 is 5.14 Å². The minimum atomic E-state index is -1.35. The highest BCUT2D eigenvalue weighted by molar-refractivity contribution is 9.10. The van der Waals surface area contributed by atoms with Crippen LogP contribution in [0.25, 0.3) is 0 Å². The second-order valence-electron chi connectivity index (χ2n) is 37.4. The molecule has 4 aliphatic rings. The molecule has 4 saturated heterocycles. The number of aliphatic hydroxyl groups excluding tert-OH is 1. The molecule has 8 heterocycles. The summed E-state index contributed by atoms with van der Waals surface area (Å²) in [6.45, 7) is 53.0. The number of halogens is 1. The summed E-state index contributed by atoms with van der Waals surface area (Å²) < 4.78 is 49.8. The zero-order valence-corrected chi connectivity index (χ0v) is 74.4. The van der Waals surface area contributed by atoms with Crippen LogP contribution in [0.2, 0.25) is 0 Å². The number of aldehydes is 1. The first-order chi connectivity index (χ1) is 50.3. The van der Waals surface area contributed by atoms with Crippen molar-refractivity contribution in [2.45, 2.75) is 317 Å². The Balaban J connectivity index is 0.000000361. The molecule has 0 aliphatic carbocycles. The van der Waals surface area contributed by atoms with Crippen LogP contribution in [-0.4, -0.2) is 175 Å². The number of rotatable bonds is 16. The van der Waals surface area contributed by atoms with Gasteiger partial charge in [-0.05, 0) is 332 Å². The number of nitrogens with two attached hydrogens (primary N) is 1. The van der Waals surface area contributed by atoms with Gasteiger partial charge < -0.3 is 48.4 Å². The number of likely N-dealkylation sites (tertiary alicyclic amines) is 4. The van der Waals surface area contributed by atoms with Gasteiger partial charge in [-0.1, -0.05) is 24.3 Å². The Morgan fingerprint density at radius 1 is 0.500 bits per heavy atom. The number of amides is 4. The van der Waals surface area contributed by atoms with E-state index in [-0.39, 0.29) is 57.1 Å². The van der Waals surface area contributed by atoms with Crippen molar-refractivity contribution in [1.82, 2.24) is 39.5 Å². The van der Waals surface area contributed by atoms with Crippen LogP contribution in [0.1, 0.15) is 285 Å². The predicted octanol–water partition coefficient (Wildman–Crippen LogP) is 18.4. The summed E-state index contributed by atoms with van der Waals surface area (Å²) >= 11 is 3.20. The van der Waals surface area contributed by atoms with Crippen molar-refractivity contribution in [2.75, 3.05) is 26.2 Å². The lowest BCUT2D eigenvalue weighted by atomic mass is 9.92. The molecule has 110 heavy (non-hydrogen) atoms. The molecule has 4 aliphatic heterocycles. The largest absolute Gasteiger partial charge is 0.444 e. The maximum absolute atomic E-state index is 12.7. The van der Waals surface area contributed by atoms with E-state index in [2.05, 4.69) is 95.7 Å². The normalized spacial score (nSPS) is 20.1. The molecule has 26 heteroatoms. The molecule has 0 saturated carbocycles. The predicted molar refractivity (Wildman–Crippen MR) is 444 cm³/mol. The number of carbonyl (C=O) groups is 6. The number of hydrogen-bond donors (Lipinski definition) is 2. The third kappa shape index (κ3) is 36.0. The van der Waals surface area contributed by atoms with Crippen molar-refractivity contribution >= 4 is 80.1 Å². The average Bonchev–Trinajstić information content (AvgIpc) is 1.67. The third-order valence-electron chi connectivity index (χ3n) is 18.3. The highest BCUT2D eigenvalue weighted by atomic mass is 79.9. The fourth-order valence-corrected chi connectivity index (χ4v) is 13.9. The molecule has 0 aromatic carbocycles. The van der Waals surface area contributed by atoms with Crippen LogP contribution >= 0.6 is 15.9 Å². The van der Waals surface area contributed by atoms with Crippen molar-refractivity contribution < 1.29 is 61.2 Å². The van der Waals surface area contributed by atoms with Crippen LogP contribution in [0.4, 0.5) is 19.2 Å². The molecular weight excluding hydrogens is 1500 g/mol. The highest BCUT2D eigenvalue weighted by Gasteiger charge is 2.47. The van der Waals surface area contributed by atoms with Gasteiger partial charge in [-0.25, -0.2) is 32.6 Å². The Bertz CT molecular complexity index is 3600. The standard InChI is InChI=1S/C23H37N3O3S.C19H30N2O3.C19H28N2O3.C14H25NO3.C5H4BrN.C4H11NOS/c1-21(2,3)29-20(27)26-16-17(15-23(26,7)8)12-13-19(18-11-9-10-14-24-18)25-30(28)22(4,5)6;2*1-18(2,3)24-17(23)21-13-14(12-19(21,4)5)9-10-16(22)15-8-6-7-11-20-15;1-13(2,3)18-12(17)15-10-11(7-6-8-16)9-14(15,4)5;6-5-3-1-2-4-7-5;1-4(2,3)7(5)6/h9-11,14,17H,12-13,15-16H2,1-8H3;6-8,11,14,16,22H,9-10,12-13H2,1-5H3;6-8,11,14H,9-10,12-13H2,1-5H3;8,11H,6-7,9-10H2,1-5H3;1-4H;5H2,1-3H3/t17-,30?;14-,16?;14-;11-;;/m0000../s1. The molecule has 8 rings (SSSR count). The van der Waals surface area contributed by atoms with Crippen molar-refractivity contribution in [3.05, 3.63) is 119 Å². The number of aliphatic hydroxyl groups is 1. The molecule has 7 atom stereocenters. The van der Waals surface area contributed by atoms with Gasteiger partial charge >= 0.3 is 24.4 Å². The summed E-state index contributed by atoms with van der Waals surface area (Å²) in [5.41, 5.74) is -0.134. The minimum absolute atomic E-state index is 0.0594. The second kappa shape index (κ2) is 42.0. The summed E-state index contributed by atoms with van der Waals surface area (Å²) in [6.07, 6.45) is 15.5. The molecule has 618 valence electrons. The maximum Gasteiger partial charge on any atom is 0.410 e. The Labute approximate surface area is 672 Å². The molecule has 4 aromatic rings. The summed E-state index contributed by atoms with van der Waals surface area (Å²) in [4.78, 5) is 96.1. The van der Waals surface area contributed by atoms with Crippen LogP contribution in [0, 0.1) is 23.7 Å². The van der Waals surface area contributed by atoms with Gasteiger partial charge in [0.15, 0.2) is 5.78 Å². The summed E-state index contributed by atoms with van der Waals surface area (Å²) in [5.74, 6) is 1.46. The first-order valence-electron chi connectivity index (χ1n) is 38.5. The number of Topliss-reactive ketones (excluding diaryl/α,β-unsaturated/α-hetero) is 1. The Morgan fingerprint density at radius 3 is 1.12 bits per heavy atom. The lowest BCUT2D eigenvalue weighted by Gasteiger charge is -2.33. The van der Waals surface area contributed by atoms with E-state index in [4.69, 9.17) is 24.1 Å².